The van der Waals surface area contributed by atoms with E-state index in [0.717, 1.165) is 0 Å². The molecule has 0 aliphatic rings. The van der Waals surface area contributed by atoms with Crippen LogP contribution in [0.3, 0.4) is 0 Å². The van der Waals surface area contributed by atoms with E-state index in [4.69, 9.17) is 0 Å². The maximum absolute atomic E-state index is 12.8. The molecule has 0 radical (unpaired) electrons. The van der Waals surface area contributed by atoms with Gasteiger partial charge in [0.1, 0.15) is 6.42 Å². The number of rotatable bonds is 4. The highest BCUT2D eigenvalue weighted by molar-refractivity contribution is 4.95. The maximum atomic E-state index is 12.8. The van der Waals surface area contributed by atoms with Crippen LogP contribution in [-0.4, -0.2) is 37.0 Å². The van der Waals surface area contributed by atoms with Crippen molar-refractivity contribution in [2.75, 3.05) is 7.18 Å². The van der Waals surface area contributed by atoms with Gasteiger partial charge in [-0.3, -0.25) is 4.39 Å². The van der Waals surface area contributed by atoms with Crippen LogP contribution in [0, 0.1) is 0 Å². The van der Waals surface area contributed by atoms with E-state index in [-0.39, 0.29) is 0 Å². The first-order valence-corrected chi connectivity index (χ1v) is 4.87. The first-order valence-electron chi connectivity index (χ1n) is 4.87. The summed E-state index contributed by atoms with van der Waals surface area (Å²) in [6.45, 7) is -0.454. The van der Waals surface area contributed by atoms with Crippen LogP contribution in [-0.2, 0) is 0 Å². The number of hydrogen-bond donors (Lipinski definition) is 0. The van der Waals surface area contributed by atoms with Crippen molar-refractivity contribution in [3.8, 4) is 0 Å². The topological polar surface area (TPSA) is 0 Å². The molecule has 12 heteroatoms. The molecule has 0 aromatic carbocycles. The van der Waals surface area contributed by atoms with Crippen molar-refractivity contribution in [3.63, 3.8) is 0 Å². The maximum Gasteiger partial charge on any atom is 0.422 e. The van der Waals surface area contributed by atoms with Crippen molar-refractivity contribution in [2.24, 2.45) is 0 Å². The molecule has 0 nitrogen and oxygen atoms in total. The Bertz CT molecular complexity index is 310. The molecule has 0 aromatic rings. The Morgan fingerprint density at radius 1 is 0.571 bits per heavy atom. The van der Waals surface area contributed by atoms with Crippen LogP contribution in [0.1, 0.15) is 19.8 Å². The number of halogens is 12. The molecule has 0 spiro atoms. The second-order valence-corrected chi connectivity index (χ2v) is 4.07. The lowest BCUT2D eigenvalue weighted by Gasteiger charge is -2.32. The largest absolute Gasteiger partial charge is 0.422 e. The SMILES string of the molecule is CC(F)(CC(F)(F)C(F)(F)CC(F)(F)F)C(F)(F)F.CF. The lowest BCUT2D eigenvalue weighted by atomic mass is 9.93. The summed E-state index contributed by atoms with van der Waals surface area (Å²) in [6, 6.07) is 0. The summed E-state index contributed by atoms with van der Waals surface area (Å²) in [4.78, 5) is 0. The van der Waals surface area contributed by atoms with Gasteiger partial charge in [-0.2, -0.15) is 43.9 Å². The molecule has 1 atom stereocenters. The average Bonchev–Trinajstić information content (AvgIpc) is 2.12. The summed E-state index contributed by atoms with van der Waals surface area (Å²) in [5.74, 6) is -11.6. The molecule has 0 saturated carbocycles. The minimum atomic E-state index is -5.91. The minimum absolute atomic E-state index is 0.454. The minimum Gasteiger partial charge on any atom is -0.255 e. The van der Waals surface area contributed by atoms with Crippen LogP contribution in [0.2, 0.25) is 0 Å². The van der Waals surface area contributed by atoms with Crippen molar-refractivity contribution in [1.29, 1.82) is 0 Å². The third-order valence-corrected chi connectivity index (χ3v) is 2.10. The fourth-order valence-electron chi connectivity index (χ4n) is 1.03. The lowest BCUT2D eigenvalue weighted by molar-refractivity contribution is -0.296. The van der Waals surface area contributed by atoms with Crippen LogP contribution in [0.15, 0.2) is 0 Å². The van der Waals surface area contributed by atoms with Gasteiger partial charge in [0.2, 0.25) is 5.67 Å². The van der Waals surface area contributed by atoms with Crippen LogP contribution in [0.5, 0.6) is 0 Å². The average molecular weight is 346 g/mol. The number of hydrogen-bond acceptors (Lipinski definition) is 0. The molecule has 0 N–H and O–H groups in total. The second-order valence-electron chi connectivity index (χ2n) is 4.07. The van der Waals surface area contributed by atoms with Crippen molar-refractivity contribution in [3.05, 3.63) is 0 Å². The molecule has 0 heterocycles. The van der Waals surface area contributed by atoms with E-state index in [2.05, 4.69) is 0 Å². The summed E-state index contributed by atoms with van der Waals surface area (Å²) < 4.78 is 144. The molecule has 0 aliphatic carbocycles. The molecule has 21 heavy (non-hydrogen) atoms. The fourth-order valence-corrected chi connectivity index (χ4v) is 1.03. The highest BCUT2D eigenvalue weighted by Crippen LogP contribution is 2.49. The molecule has 0 fully saturated rings. The molecular weight excluding hydrogens is 336 g/mol. The smallest absolute Gasteiger partial charge is 0.255 e. The van der Waals surface area contributed by atoms with Gasteiger partial charge in [-0.1, -0.05) is 0 Å². The zero-order valence-electron chi connectivity index (χ0n) is 10.4. The van der Waals surface area contributed by atoms with Gasteiger partial charge in [0, 0.05) is 0 Å². The summed E-state index contributed by atoms with van der Waals surface area (Å²) in [5.41, 5.74) is -4.74. The number of alkyl halides is 12. The monoisotopic (exact) mass is 346 g/mol. The third kappa shape index (κ3) is 6.64. The molecule has 0 aliphatic heterocycles. The van der Waals surface area contributed by atoms with E-state index < -0.39 is 49.6 Å². The van der Waals surface area contributed by atoms with E-state index in [9.17, 15) is 52.7 Å². The lowest BCUT2D eigenvalue weighted by Crippen LogP contribution is -2.51. The van der Waals surface area contributed by atoms with Gasteiger partial charge < -0.3 is 0 Å². The Morgan fingerprint density at radius 3 is 1.10 bits per heavy atom. The first kappa shape index (κ1) is 22.4. The molecule has 0 amide bonds. The van der Waals surface area contributed by atoms with E-state index in [1.807, 2.05) is 0 Å². The van der Waals surface area contributed by atoms with Gasteiger partial charge in [0.15, 0.2) is 0 Å². The van der Waals surface area contributed by atoms with Crippen molar-refractivity contribution in [1.82, 2.24) is 0 Å². The summed E-state index contributed by atoms with van der Waals surface area (Å²) in [7, 11) is 0.500. The second kappa shape index (κ2) is 6.51. The summed E-state index contributed by atoms with van der Waals surface area (Å²) in [5, 5.41) is 0. The Balaban J connectivity index is 0. The van der Waals surface area contributed by atoms with Crippen molar-refractivity contribution >= 4 is 0 Å². The Kier molecular flexibility index (Phi) is 6.95. The molecule has 0 aromatic heterocycles. The van der Waals surface area contributed by atoms with Crippen LogP contribution < -0.4 is 0 Å². The Labute approximate surface area is 111 Å². The van der Waals surface area contributed by atoms with Gasteiger partial charge in [0.25, 0.3) is 0 Å². The first-order chi connectivity index (χ1) is 8.91. The van der Waals surface area contributed by atoms with Gasteiger partial charge >= 0.3 is 24.2 Å². The molecule has 0 saturated heterocycles. The summed E-state index contributed by atoms with van der Waals surface area (Å²) in [6.07, 6.45) is -18.1. The molecule has 0 rings (SSSR count). The zero-order valence-corrected chi connectivity index (χ0v) is 10.4. The van der Waals surface area contributed by atoms with Crippen molar-refractivity contribution in [2.45, 2.75) is 49.6 Å². The van der Waals surface area contributed by atoms with Crippen molar-refractivity contribution < 1.29 is 52.7 Å². The van der Waals surface area contributed by atoms with E-state index in [1.165, 1.54) is 0 Å². The predicted octanol–water partition coefficient (Wildman–Crippen LogP) is 5.48. The highest BCUT2D eigenvalue weighted by atomic mass is 19.4. The van der Waals surface area contributed by atoms with Crippen LogP contribution in [0.25, 0.3) is 0 Å². The molecular formula is C9H10F12. The normalized spacial score (nSPS) is 16.9. The van der Waals surface area contributed by atoms with E-state index in [0.29, 0.717) is 7.18 Å². The molecule has 1 unspecified atom stereocenters. The summed E-state index contributed by atoms with van der Waals surface area (Å²) >= 11 is 0. The Hall–Kier alpha value is -0.840. The highest BCUT2D eigenvalue weighted by Gasteiger charge is 2.67. The van der Waals surface area contributed by atoms with E-state index >= 15 is 0 Å². The fraction of sp³-hybridized carbons (Fsp3) is 1.00. The van der Waals surface area contributed by atoms with E-state index in [1.54, 1.807) is 0 Å². The molecule has 130 valence electrons. The van der Waals surface area contributed by atoms with Crippen LogP contribution >= 0.6 is 0 Å². The van der Waals surface area contributed by atoms with Gasteiger partial charge in [0.05, 0.1) is 13.6 Å². The molecule has 0 bridgehead atoms. The zero-order chi connectivity index (χ0) is 17.9. The predicted molar refractivity (Wildman–Crippen MR) is 47.8 cm³/mol. The van der Waals surface area contributed by atoms with Gasteiger partial charge in [-0.25, -0.2) is 4.39 Å². The third-order valence-electron chi connectivity index (χ3n) is 2.10. The van der Waals surface area contributed by atoms with Crippen LogP contribution in [0.4, 0.5) is 52.7 Å². The quantitative estimate of drug-likeness (QED) is 0.592. The standard InChI is InChI=1S/C8H7F11.CH3F/c1-4(9,8(17,18)19)2-5(10,11)6(12,13)3-7(14,15)16;1-2/h2-3H2,1H3;1H3. The Morgan fingerprint density at radius 2 is 0.857 bits per heavy atom. The van der Waals surface area contributed by atoms with Gasteiger partial charge in [-0.15, -0.1) is 0 Å². The van der Waals surface area contributed by atoms with Gasteiger partial charge in [-0.05, 0) is 6.92 Å².